The monoisotopic (exact) mass is 298 g/mol. The lowest BCUT2D eigenvalue weighted by Gasteiger charge is -2.25. The van der Waals surface area contributed by atoms with Crippen LogP contribution in [0, 0.1) is 0 Å². The van der Waals surface area contributed by atoms with Gasteiger partial charge in [0.1, 0.15) is 0 Å². The largest absolute Gasteiger partial charge is 0.315 e. The van der Waals surface area contributed by atoms with Crippen LogP contribution in [0.15, 0.2) is 72.8 Å². The highest BCUT2D eigenvalue weighted by atomic mass is 31.2. The summed E-state index contributed by atoms with van der Waals surface area (Å²) in [5, 5.41) is 1.52. The normalized spacial score (nSPS) is 18.6. The molecule has 0 aromatic heterocycles. The molecule has 0 bridgehead atoms. The molecule has 2 nitrogen and oxygen atoms in total. The predicted octanol–water partition coefficient (Wildman–Crippen LogP) is 4.04. The fraction of sp³-hybridized carbons (Fsp3) is 0.222. The van der Waals surface area contributed by atoms with Gasteiger partial charge in [-0.15, -0.1) is 0 Å². The van der Waals surface area contributed by atoms with Gasteiger partial charge >= 0.3 is 0 Å². The van der Waals surface area contributed by atoms with E-state index >= 15 is 0 Å². The Morgan fingerprint density at radius 1 is 0.905 bits per heavy atom. The van der Waals surface area contributed by atoms with Crippen LogP contribution >= 0.6 is 7.37 Å². The van der Waals surface area contributed by atoms with Crippen LogP contribution in [0.3, 0.4) is 0 Å². The van der Waals surface area contributed by atoms with E-state index in [0.29, 0.717) is 0 Å². The molecule has 0 heterocycles. The van der Waals surface area contributed by atoms with Crippen molar-refractivity contribution in [2.24, 2.45) is 0 Å². The van der Waals surface area contributed by atoms with Gasteiger partial charge in [0.15, 0.2) is 0 Å². The SMILES string of the molecule is O=P(OC1C=CCCC1)(c1ccccc1)c1ccccc1. The molecule has 0 amide bonds. The van der Waals surface area contributed by atoms with Gasteiger partial charge in [-0.25, -0.2) is 0 Å². The molecule has 0 spiro atoms. The van der Waals surface area contributed by atoms with E-state index < -0.39 is 7.37 Å². The molecule has 1 unspecified atom stereocenters. The molecule has 1 aliphatic rings. The average Bonchev–Trinajstić information content (AvgIpc) is 2.57. The third-order valence-corrected chi connectivity index (χ3v) is 6.21. The molecule has 1 aliphatic carbocycles. The number of hydrogen-bond donors (Lipinski definition) is 0. The van der Waals surface area contributed by atoms with Crippen LogP contribution in [0.1, 0.15) is 19.3 Å². The van der Waals surface area contributed by atoms with E-state index in [-0.39, 0.29) is 6.10 Å². The van der Waals surface area contributed by atoms with E-state index in [1.807, 2.05) is 66.7 Å². The van der Waals surface area contributed by atoms with Gasteiger partial charge in [-0.05, 0) is 43.5 Å². The first-order chi connectivity index (χ1) is 10.3. The van der Waals surface area contributed by atoms with Crippen molar-refractivity contribution in [1.29, 1.82) is 0 Å². The highest BCUT2D eigenvalue weighted by Crippen LogP contribution is 2.47. The van der Waals surface area contributed by atoms with E-state index in [9.17, 15) is 4.57 Å². The van der Waals surface area contributed by atoms with Crippen molar-refractivity contribution in [3.05, 3.63) is 72.8 Å². The summed E-state index contributed by atoms with van der Waals surface area (Å²) in [6.07, 6.45) is 7.20. The van der Waals surface area contributed by atoms with E-state index in [1.165, 1.54) is 0 Å². The Kier molecular flexibility index (Phi) is 4.38. The molecule has 0 saturated carbocycles. The molecule has 1 atom stereocenters. The van der Waals surface area contributed by atoms with Gasteiger partial charge < -0.3 is 4.52 Å². The smallest absolute Gasteiger partial charge is 0.261 e. The molecule has 0 saturated heterocycles. The summed E-state index contributed by atoms with van der Waals surface area (Å²) in [7, 11) is -3.04. The summed E-state index contributed by atoms with van der Waals surface area (Å²) in [6, 6.07) is 19.0. The summed E-state index contributed by atoms with van der Waals surface area (Å²) in [5.74, 6) is 0. The fourth-order valence-corrected chi connectivity index (χ4v) is 4.81. The molecule has 108 valence electrons. The van der Waals surface area contributed by atoms with Crippen LogP contribution in [0.5, 0.6) is 0 Å². The molecule has 0 radical (unpaired) electrons. The quantitative estimate of drug-likeness (QED) is 0.629. The van der Waals surface area contributed by atoms with Crippen LogP contribution in [-0.4, -0.2) is 6.10 Å². The summed E-state index contributed by atoms with van der Waals surface area (Å²) in [6.45, 7) is 0. The Bertz CT molecular complexity index is 606. The fourth-order valence-electron chi connectivity index (χ4n) is 2.58. The zero-order valence-electron chi connectivity index (χ0n) is 11.9. The lowest BCUT2D eigenvalue weighted by molar-refractivity contribution is 0.241. The molecule has 3 rings (SSSR count). The summed E-state index contributed by atoms with van der Waals surface area (Å²) >= 11 is 0. The van der Waals surface area contributed by atoms with Crippen LogP contribution in [0.25, 0.3) is 0 Å². The first kappa shape index (κ1) is 14.3. The second-order valence-electron chi connectivity index (χ2n) is 5.23. The van der Waals surface area contributed by atoms with Crippen LogP contribution in [0.2, 0.25) is 0 Å². The number of hydrogen-bond acceptors (Lipinski definition) is 2. The summed E-state index contributed by atoms with van der Waals surface area (Å²) in [4.78, 5) is 0. The van der Waals surface area contributed by atoms with E-state index in [1.54, 1.807) is 0 Å². The second-order valence-corrected chi connectivity index (χ2v) is 7.57. The first-order valence-electron chi connectivity index (χ1n) is 7.35. The van der Waals surface area contributed by atoms with Crippen molar-refractivity contribution >= 4 is 18.0 Å². The lowest BCUT2D eigenvalue weighted by atomic mass is 10.1. The van der Waals surface area contributed by atoms with E-state index in [4.69, 9.17) is 4.52 Å². The van der Waals surface area contributed by atoms with Crippen molar-refractivity contribution < 1.29 is 9.09 Å². The summed E-state index contributed by atoms with van der Waals surface area (Å²) < 4.78 is 19.7. The minimum atomic E-state index is -3.04. The van der Waals surface area contributed by atoms with Gasteiger partial charge in [0.2, 0.25) is 0 Å². The van der Waals surface area contributed by atoms with E-state index in [0.717, 1.165) is 29.9 Å². The Morgan fingerprint density at radius 2 is 1.48 bits per heavy atom. The lowest BCUT2D eigenvalue weighted by Crippen LogP contribution is -2.23. The number of rotatable bonds is 4. The molecule has 2 aromatic rings. The molecule has 0 N–H and O–H groups in total. The number of allylic oxidation sites excluding steroid dienone is 1. The van der Waals surface area contributed by atoms with Crippen LogP contribution in [-0.2, 0) is 9.09 Å². The van der Waals surface area contributed by atoms with Gasteiger partial charge in [0.25, 0.3) is 7.37 Å². The van der Waals surface area contributed by atoms with Crippen LogP contribution < -0.4 is 10.6 Å². The first-order valence-corrected chi connectivity index (χ1v) is 8.98. The topological polar surface area (TPSA) is 26.3 Å². The van der Waals surface area contributed by atoms with Gasteiger partial charge in [-0.2, -0.15) is 0 Å². The maximum atomic E-state index is 13.6. The zero-order chi connectivity index (χ0) is 14.5. The summed E-state index contributed by atoms with van der Waals surface area (Å²) in [5.41, 5.74) is 0. The van der Waals surface area contributed by atoms with Crippen molar-refractivity contribution in [2.45, 2.75) is 25.4 Å². The predicted molar refractivity (Wildman–Crippen MR) is 87.6 cm³/mol. The standard InChI is InChI=1S/C18H19O2P/c19-21(17-12-6-2-7-13-17,18-14-8-3-9-15-18)20-16-10-4-1-5-11-16/h2-4,6-10,12-16H,1,5,11H2. The van der Waals surface area contributed by atoms with Crippen molar-refractivity contribution in [1.82, 2.24) is 0 Å². The minimum absolute atomic E-state index is 0.0648. The van der Waals surface area contributed by atoms with Gasteiger partial charge in [-0.1, -0.05) is 48.6 Å². The highest BCUT2D eigenvalue weighted by molar-refractivity contribution is 7.74. The zero-order valence-corrected chi connectivity index (χ0v) is 12.8. The van der Waals surface area contributed by atoms with Gasteiger partial charge in [0, 0.05) is 10.6 Å². The van der Waals surface area contributed by atoms with E-state index in [2.05, 4.69) is 6.08 Å². The molecule has 0 fully saturated rings. The Balaban J connectivity index is 2.01. The highest BCUT2D eigenvalue weighted by Gasteiger charge is 2.31. The van der Waals surface area contributed by atoms with Crippen molar-refractivity contribution in [3.63, 3.8) is 0 Å². The Morgan fingerprint density at radius 3 is 1.95 bits per heavy atom. The minimum Gasteiger partial charge on any atom is -0.315 e. The average molecular weight is 298 g/mol. The molecule has 3 heteroatoms. The maximum Gasteiger partial charge on any atom is 0.261 e. The van der Waals surface area contributed by atoms with Gasteiger partial charge in [0.05, 0.1) is 6.10 Å². The molecule has 21 heavy (non-hydrogen) atoms. The van der Waals surface area contributed by atoms with Crippen molar-refractivity contribution in [2.75, 3.05) is 0 Å². The Labute approximate surface area is 125 Å². The molecular weight excluding hydrogens is 279 g/mol. The van der Waals surface area contributed by atoms with Crippen LogP contribution in [0.4, 0.5) is 0 Å². The molecular formula is C18H19O2P. The Hall–Kier alpha value is -1.63. The third kappa shape index (κ3) is 3.18. The van der Waals surface area contributed by atoms with Gasteiger partial charge in [-0.3, -0.25) is 4.57 Å². The van der Waals surface area contributed by atoms with Crippen molar-refractivity contribution in [3.8, 4) is 0 Å². The number of benzene rings is 2. The third-order valence-electron chi connectivity index (χ3n) is 3.69. The maximum absolute atomic E-state index is 13.6. The second kappa shape index (κ2) is 6.43. The molecule has 2 aromatic carbocycles. The molecule has 0 aliphatic heterocycles.